The molecule has 1 aromatic heterocycles. The molecule has 1 aliphatic carbocycles. The van der Waals surface area contributed by atoms with E-state index in [0.29, 0.717) is 11.7 Å². The fourth-order valence-corrected chi connectivity index (χ4v) is 2.15. The normalized spacial score (nSPS) is 15.5. The number of aromatic nitrogens is 2. The Morgan fingerprint density at radius 2 is 2.27 bits per heavy atom. The third kappa shape index (κ3) is 1.35. The quantitative estimate of drug-likeness (QED) is 0.792. The van der Waals surface area contributed by atoms with Crippen LogP contribution in [0.2, 0.25) is 0 Å². The summed E-state index contributed by atoms with van der Waals surface area (Å²) >= 11 is 3.41. The predicted octanol–water partition coefficient (Wildman–Crippen LogP) is 3.01. The monoisotopic (exact) mass is 261 g/mol. The molecule has 15 heavy (non-hydrogen) atoms. The number of nitrogens with zero attached hydrogens (tertiary/aromatic N) is 3. The number of nitriles is 1. The summed E-state index contributed by atoms with van der Waals surface area (Å²) < 4.78 is 2.97. The van der Waals surface area contributed by atoms with Crippen LogP contribution in [0.15, 0.2) is 22.7 Å². The van der Waals surface area contributed by atoms with E-state index in [9.17, 15) is 0 Å². The molecule has 0 bridgehead atoms. The van der Waals surface area contributed by atoms with Gasteiger partial charge in [0, 0.05) is 9.86 Å². The Hall–Kier alpha value is -1.34. The van der Waals surface area contributed by atoms with Gasteiger partial charge >= 0.3 is 0 Å². The van der Waals surface area contributed by atoms with Crippen molar-refractivity contribution in [2.24, 2.45) is 0 Å². The van der Waals surface area contributed by atoms with Crippen LogP contribution >= 0.6 is 15.9 Å². The summed E-state index contributed by atoms with van der Waals surface area (Å²) in [4.78, 5) is 0. The summed E-state index contributed by atoms with van der Waals surface area (Å²) in [5.74, 6) is 0. The second-order valence-corrected chi connectivity index (χ2v) is 4.71. The van der Waals surface area contributed by atoms with Crippen LogP contribution in [0, 0.1) is 11.3 Å². The molecule has 0 saturated heterocycles. The van der Waals surface area contributed by atoms with Crippen molar-refractivity contribution in [3.63, 3.8) is 0 Å². The van der Waals surface area contributed by atoms with Crippen LogP contribution in [0.25, 0.3) is 10.9 Å². The lowest BCUT2D eigenvalue weighted by Crippen LogP contribution is -1.95. The number of benzene rings is 1. The van der Waals surface area contributed by atoms with Gasteiger partial charge in [-0.1, -0.05) is 15.9 Å². The standard InChI is InChI=1S/C11H8BrN3/c12-7-1-4-11-9(5-7)10(6-13)14-15(11)8-2-3-8/h1,4-5,8H,2-3H2. The van der Waals surface area contributed by atoms with Crippen LogP contribution in [0.1, 0.15) is 24.6 Å². The largest absolute Gasteiger partial charge is 0.260 e. The third-order valence-electron chi connectivity index (χ3n) is 2.67. The van der Waals surface area contributed by atoms with Crippen LogP contribution in [0.3, 0.4) is 0 Å². The number of halogens is 1. The molecule has 1 fully saturated rings. The van der Waals surface area contributed by atoms with E-state index in [1.165, 1.54) is 12.8 Å². The highest BCUT2D eigenvalue weighted by Crippen LogP contribution is 2.37. The van der Waals surface area contributed by atoms with Crippen molar-refractivity contribution in [2.45, 2.75) is 18.9 Å². The highest BCUT2D eigenvalue weighted by Gasteiger charge is 2.27. The van der Waals surface area contributed by atoms with Crippen LogP contribution in [0.5, 0.6) is 0 Å². The molecule has 3 nitrogen and oxygen atoms in total. The van der Waals surface area contributed by atoms with Gasteiger partial charge in [0.1, 0.15) is 6.07 Å². The first-order chi connectivity index (χ1) is 7.29. The molecule has 0 N–H and O–H groups in total. The molecule has 1 saturated carbocycles. The van der Waals surface area contributed by atoms with Crippen molar-refractivity contribution >= 4 is 26.8 Å². The Balaban J connectivity index is 2.34. The number of fused-ring (bicyclic) bond motifs is 1. The molecule has 0 aliphatic heterocycles. The molecule has 0 spiro atoms. The zero-order valence-electron chi connectivity index (χ0n) is 7.94. The van der Waals surface area contributed by atoms with E-state index in [2.05, 4.69) is 27.1 Å². The molecule has 0 atom stereocenters. The Labute approximate surface area is 95.4 Å². The highest BCUT2D eigenvalue weighted by atomic mass is 79.9. The molecule has 1 aliphatic rings. The van der Waals surface area contributed by atoms with Gasteiger partial charge in [0.15, 0.2) is 5.69 Å². The summed E-state index contributed by atoms with van der Waals surface area (Å²) in [5, 5.41) is 14.3. The van der Waals surface area contributed by atoms with Crippen molar-refractivity contribution in [1.82, 2.24) is 9.78 Å². The molecule has 1 aromatic carbocycles. The van der Waals surface area contributed by atoms with Crippen molar-refractivity contribution < 1.29 is 0 Å². The zero-order valence-corrected chi connectivity index (χ0v) is 9.53. The van der Waals surface area contributed by atoms with Gasteiger partial charge in [-0.15, -0.1) is 0 Å². The van der Waals surface area contributed by atoms with Gasteiger partial charge in [0.25, 0.3) is 0 Å². The SMILES string of the molecule is N#Cc1nn(C2CC2)c2ccc(Br)cc12. The minimum absolute atomic E-state index is 0.510. The highest BCUT2D eigenvalue weighted by molar-refractivity contribution is 9.10. The van der Waals surface area contributed by atoms with E-state index in [-0.39, 0.29) is 0 Å². The second-order valence-electron chi connectivity index (χ2n) is 3.80. The summed E-state index contributed by atoms with van der Waals surface area (Å²) in [6.45, 7) is 0. The number of rotatable bonds is 1. The van der Waals surface area contributed by atoms with E-state index in [1.54, 1.807) is 0 Å². The molecular formula is C11H8BrN3. The van der Waals surface area contributed by atoms with Crippen LogP contribution in [-0.2, 0) is 0 Å². The molecule has 2 aromatic rings. The molecule has 0 radical (unpaired) electrons. The fraction of sp³-hybridized carbons (Fsp3) is 0.273. The number of hydrogen-bond donors (Lipinski definition) is 0. The lowest BCUT2D eigenvalue weighted by atomic mass is 10.2. The fourth-order valence-electron chi connectivity index (χ4n) is 1.79. The second kappa shape index (κ2) is 3.07. The summed E-state index contributed by atoms with van der Waals surface area (Å²) in [6.07, 6.45) is 2.36. The Morgan fingerprint density at radius 3 is 2.93 bits per heavy atom. The van der Waals surface area contributed by atoms with Crippen molar-refractivity contribution in [3.05, 3.63) is 28.4 Å². The Bertz CT molecular complexity index is 575. The van der Waals surface area contributed by atoms with E-state index >= 15 is 0 Å². The summed E-state index contributed by atoms with van der Waals surface area (Å²) in [7, 11) is 0. The Morgan fingerprint density at radius 1 is 1.47 bits per heavy atom. The molecule has 74 valence electrons. The summed E-state index contributed by atoms with van der Waals surface area (Å²) in [6, 6.07) is 8.63. The van der Waals surface area contributed by atoms with Gasteiger partial charge < -0.3 is 0 Å². The average Bonchev–Trinajstić information content (AvgIpc) is 3.01. The lowest BCUT2D eigenvalue weighted by Gasteiger charge is -1.98. The molecule has 1 heterocycles. The smallest absolute Gasteiger partial charge is 0.170 e. The molecule has 4 heteroatoms. The van der Waals surface area contributed by atoms with Gasteiger partial charge in [0.05, 0.1) is 11.6 Å². The van der Waals surface area contributed by atoms with Gasteiger partial charge in [-0.25, -0.2) is 0 Å². The minimum Gasteiger partial charge on any atom is -0.260 e. The van der Waals surface area contributed by atoms with E-state index in [1.807, 2.05) is 22.9 Å². The first-order valence-electron chi connectivity index (χ1n) is 4.87. The maximum atomic E-state index is 9.00. The maximum absolute atomic E-state index is 9.00. The Kier molecular flexibility index (Phi) is 1.83. The maximum Gasteiger partial charge on any atom is 0.170 e. The van der Waals surface area contributed by atoms with Crippen molar-refractivity contribution in [2.75, 3.05) is 0 Å². The van der Waals surface area contributed by atoms with Gasteiger partial charge in [0.2, 0.25) is 0 Å². The van der Waals surface area contributed by atoms with E-state index < -0.39 is 0 Å². The van der Waals surface area contributed by atoms with Crippen molar-refractivity contribution in [1.29, 1.82) is 5.26 Å². The lowest BCUT2D eigenvalue weighted by molar-refractivity contribution is 0.662. The van der Waals surface area contributed by atoms with E-state index in [0.717, 1.165) is 15.4 Å². The molecule has 3 rings (SSSR count). The average molecular weight is 262 g/mol. The topological polar surface area (TPSA) is 41.6 Å². The molecule has 0 amide bonds. The van der Waals surface area contributed by atoms with E-state index in [4.69, 9.17) is 5.26 Å². The van der Waals surface area contributed by atoms with Crippen LogP contribution < -0.4 is 0 Å². The van der Waals surface area contributed by atoms with Gasteiger partial charge in [-0.3, -0.25) is 4.68 Å². The molecule has 0 unspecified atom stereocenters. The first kappa shape index (κ1) is 8.93. The van der Waals surface area contributed by atoms with Gasteiger partial charge in [-0.05, 0) is 31.0 Å². The number of hydrogen-bond acceptors (Lipinski definition) is 2. The molecular weight excluding hydrogens is 254 g/mol. The van der Waals surface area contributed by atoms with Crippen LogP contribution in [0.4, 0.5) is 0 Å². The predicted molar refractivity (Wildman–Crippen MR) is 60.4 cm³/mol. The third-order valence-corrected chi connectivity index (χ3v) is 3.16. The zero-order chi connectivity index (χ0) is 10.4. The summed E-state index contributed by atoms with van der Waals surface area (Å²) in [5.41, 5.74) is 1.59. The van der Waals surface area contributed by atoms with Gasteiger partial charge in [-0.2, -0.15) is 10.4 Å². The minimum atomic E-state index is 0.510. The first-order valence-corrected chi connectivity index (χ1v) is 5.67. The van der Waals surface area contributed by atoms with Crippen molar-refractivity contribution in [3.8, 4) is 6.07 Å². The van der Waals surface area contributed by atoms with Crippen LogP contribution in [-0.4, -0.2) is 9.78 Å².